The normalized spacial score (nSPS) is 24.5. The van der Waals surface area contributed by atoms with E-state index in [9.17, 15) is 9.90 Å². The molecule has 1 atom stereocenters. The van der Waals surface area contributed by atoms with Gasteiger partial charge in [0.15, 0.2) is 0 Å². The van der Waals surface area contributed by atoms with E-state index >= 15 is 0 Å². The molecule has 0 unspecified atom stereocenters. The van der Waals surface area contributed by atoms with Gasteiger partial charge in [0.25, 0.3) is 0 Å². The maximum atomic E-state index is 11.4. The predicted molar refractivity (Wildman–Crippen MR) is 100 cm³/mol. The Morgan fingerprint density at radius 2 is 1.92 bits per heavy atom. The molecule has 4 heteroatoms. The van der Waals surface area contributed by atoms with Gasteiger partial charge in [-0.3, -0.25) is 4.90 Å². The molecule has 1 aliphatic carbocycles. The molecule has 2 aromatic rings. The highest BCUT2D eigenvalue weighted by Gasteiger charge is 2.52. The highest BCUT2D eigenvalue weighted by Crippen LogP contribution is 2.44. The number of benzene rings is 2. The van der Waals surface area contributed by atoms with Gasteiger partial charge in [-0.05, 0) is 61.9 Å². The molecule has 1 heterocycles. The molecular weight excluding hydrogens is 326 g/mol. The fraction of sp³-hybridized carbons (Fsp3) is 0.409. The number of hydrogen-bond donors (Lipinski definition) is 1. The van der Waals surface area contributed by atoms with E-state index in [2.05, 4.69) is 43.0 Å². The molecule has 2 aliphatic rings. The minimum absolute atomic E-state index is 0.0799. The molecule has 136 valence electrons. The van der Waals surface area contributed by atoms with Crippen molar-refractivity contribution in [1.82, 2.24) is 4.90 Å². The number of nitrogens with zero attached hydrogens (tertiary/aromatic N) is 1. The summed E-state index contributed by atoms with van der Waals surface area (Å²) in [4.78, 5) is 13.9. The Morgan fingerprint density at radius 3 is 2.65 bits per heavy atom. The van der Waals surface area contributed by atoms with E-state index in [1.165, 1.54) is 11.1 Å². The van der Waals surface area contributed by atoms with Crippen LogP contribution in [0.2, 0.25) is 0 Å². The fourth-order valence-corrected chi connectivity index (χ4v) is 4.49. The maximum absolute atomic E-state index is 11.4. The molecule has 1 aliphatic heterocycles. The van der Waals surface area contributed by atoms with Crippen LogP contribution in [-0.2, 0) is 24.1 Å². The molecule has 4 nitrogen and oxygen atoms in total. The van der Waals surface area contributed by atoms with Crippen molar-refractivity contribution in [3.8, 4) is 0 Å². The highest BCUT2D eigenvalue weighted by molar-refractivity contribution is 5.88. The lowest BCUT2D eigenvalue weighted by Gasteiger charge is -2.45. The highest BCUT2D eigenvalue weighted by atomic mass is 16.5. The average Bonchev–Trinajstić information content (AvgIpc) is 2.87. The van der Waals surface area contributed by atoms with Gasteiger partial charge in [0, 0.05) is 6.54 Å². The molecule has 0 aromatic heterocycles. The summed E-state index contributed by atoms with van der Waals surface area (Å²) in [5.74, 6) is -0.864. The lowest BCUT2D eigenvalue weighted by molar-refractivity contribution is -0.0673. The van der Waals surface area contributed by atoms with Crippen LogP contribution < -0.4 is 0 Å². The number of ether oxygens (including phenoxy) is 1. The van der Waals surface area contributed by atoms with Gasteiger partial charge in [-0.15, -0.1) is 0 Å². The van der Waals surface area contributed by atoms with Crippen LogP contribution in [0.3, 0.4) is 0 Å². The number of fused-ring (bicyclic) bond motifs is 1. The second-order valence-corrected chi connectivity index (χ2v) is 8.00. The summed E-state index contributed by atoms with van der Waals surface area (Å²) in [6.07, 6.45) is 2.82. The topological polar surface area (TPSA) is 49.8 Å². The summed E-state index contributed by atoms with van der Waals surface area (Å²) >= 11 is 0. The van der Waals surface area contributed by atoms with Crippen molar-refractivity contribution in [2.75, 3.05) is 6.61 Å². The zero-order valence-corrected chi connectivity index (χ0v) is 15.4. The molecule has 1 fully saturated rings. The van der Waals surface area contributed by atoms with Crippen LogP contribution in [0.4, 0.5) is 0 Å². The zero-order chi connectivity index (χ0) is 18.4. The van der Waals surface area contributed by atoms with Crippen molar-refractivity contribution in [3.05, 3.63) is 70.8 Å². The second kappa shape index (κ2) is 6.22. The summed E-state index contributed by atoms with van der Waals surface area (Å²) in [5, 5.41) is 9.34. The molecule has 1 saturated heterocycles. The van der Waals surface area contributed by atoms with Crippen LogP contribution in [0, 0.1) is 0 Å². The Kier molecular flexibility index (Phi) is 4.13. The van der Waals surface area contributed by atoms with Crippen molar-refractivity contribution < 1.29 is 14.6 Å². The van der Waals surface area contributed by atoms with E-state index in [-0.39, 0.29) is 11.3 Å². The third kappa shape index (κ3) is 2.93. The first-order valence-corrected chi connectivity index (χ1v) is 9.20. The maximum Gasteiger partial charge on any atom is 0.335 e. The van der Waals surface area contributed by atoms with Crippen LogP contribution >= 0.6 is 0 Å². The van der Waals surface area contributed by atoms with E-state index in [0.29, 0.717) is 12.2 Å². The second-order valence-electron chi connectivity index (χ2n) is 8.00. The smallest absolute Gasteiger partial charge is 0.335 e. The molecular formula is C22H25NO3. The molecule has 1 N–H and O–H groups in total. The van der Waals surface area contributed by atoms with Gasteiger partial charge < -0.3 is 9.84 Å². The number of carbonyl (C=O) groups is 1. The van der Waals surface area contributed by atoms with E-state index < -0.39 is 5.97 Å². The van der Waals surface area contributed by atoms with Gasteiger partial charge in [-0.1, -0.05) is 36.4 Å². The third-order valence-electron chi connectivity index (χ3n) is 5.93. The van der Waals surface area contributed by atoms with Gasteiger partial charge in [0.05, 0.1) is 17.7 Å². The third-order valence-corrected chi connectivity index (χ3v) is 5.93. The zero-order valence-electron chi connectivity index (χ0n) is 15.4. The predicted octanol–water partition coefficient (Wildman–Crippen LogP) is 3.88. The van der Waals surface area contributed by atoms with Crippen LogP contribution in [0.15, 0.2) is 48.5 Å². The van der Waals surface area contributed by atoms with Crippen molar-refractivity contribution >= 4 is 5.97 Å². The molecule has 1 spiro atoms. The van der Waals surface area contributed by atoms with E-state index in [4.69, 9.17) is 4.74 Å². The lowest BCUT2D eigenvalue weighted by Crippen LogP contribution is -2.54. The summed E-state index contributed by atoms with van der Waals surface area (Å²) < 4.78 is 6.22. The molecule has 4 rings (SSSR count). The SMILES string of the molecule is CC1(C)OC[C@@]2(CCc3ccc(C(=O)O)cc3C2)N1Cc1ccccc1. The summed E-state index contributed by atoms with van der Waals surface area (Å²) in [6.45, 7) is 5.78. The van der Waals surface area contributed by atoms with Gasteiger partial charge in [0.1, 0.15) is 5.72 Å². The Hall–Kier alpha value is -2.17. The molecule has 0 saturated carbocycles. The number of hydrogen-bond acceptors (Lipinski definition) is 3. The number of aryl methyl sites for hydroxylation is 1. The Labute approximate surface area is 154 Å². The van der Waals surface area contributed by atoms with Gasteiger partial charge in [0.2, 0.25) is 0 Å². The van der Waals surface area contributed by atoms with E-state index in [1.54, 1.807) is 6.07 Å². The first-order chi connectivity index (χ1) is 12.4. The standard InChI is InChI=1S/C22H25NO3/c1-21(2)23(14-16-6-4-3-5-7-16)22(15-26-21)11-10-17-8-9-18(20(24)25)12-19(17)13-22/h3-9,12H,10-11,13-15H2,1-2H3,(H,24,25)/t22-/m0/s1. The molecule has 0 amide bonds. The van der Waals surface area contributed by atoms with Crippen LogP contribution in [-0.4, -0.2) is 33.8 Å². The van der Waals surface area contributed by atoms with Crippen molar-refractivity contribution in [3.63, 3.8) is 0 Å². The molecule has 2 aromatic carbocycles. The number of rotatable bonds is 3. The minimum Gasteiger partial charge on any atom is -0.478 e. The first-order valence-electron chi connectivity index (χ1n) is 9.20. The van der Waals surface area contributed by atoms with Crippen molar-refractivity contribution in [1.29, 1.82) is 0 Å². The van der Waals surface area contributed by atoms with E-state index in [1.807, 2.05) is 18.2 Å². The summed E-state index contributed by atoms with van der Waals surface area (Å²) in [7, 11) is 0. The van der Waals surface area contributed by atoms with Gasteiger partial charge in [-0.25, -0.2) is 4.79 Å². The number of carboxylic acids is 1. The summed E-state index contributed by atoms with van der Waals surface area (Å²) in [6, 6.07) is 16.0. The average molecular weight is 351 g/mol. The fourth-order valence-electron chi connectivity index (χ4n) is 4.49. The number of carboxylic acid groups (broad SMARTS) is 1. The molecule has 26 heavy (non-hydrogen) atoms. The van der Waals surface area contributed by atoms with Crippen molar-refractivity contribution in [2.24, 2.45) is 0 Å². The van der Waals surface area contributed by atoms with Crippen LogP contribution in [0.1, 0.15) is 47.3 Å². The quantitative estimate of drug-likeness (QED) is 0.912. The minimum atomic E-state index is -0.864. The Balaban J connectivity index is 1.68. The lowest BCUT2D eigenvalue weighted by atomic mass is 9.76. The van der Waals surface area contributed by atoms with Crippen molar-refractivity contribution in [2.45, 2.75) is 50.9 Å². The van der Waals surface area contributed by atoms with Gasteiger partial charge in [-0.2, -0.15) is 0 Å². The Bertz CT molecular complexity index is 831. The van der Waals surface area contributed by atoms with Crippen LogP contribution in [0.25, 0.3) is 0 Å². The summed E-state index contributed by atoms with van der Waals surface area (Å²) in [5.41, 5.74) is 3.64. The Morgan fingerprint density at radius 1 is 1.15 bits per heavy atom. The first kappa shape index (κ1) is 17.3. The van der Waals surface area contributed by atoms with E-state index in [0.717, 1.165) is 31.4 Å². The monoisotopic (exact) mass is 351 g/mol. The van der Waals surface area contributed by atoms with Crippen LogP contribution in [0.5, 0.6) is 0 Å². The molecule has 0 radical (unpaired) electrons. The largest absolute Gasteiger partial charge is 0.478 e. The number of aromatic carboxylic acids is 1. The molecule has 0 bridgehead atoms. The van der Waals surface area contributed by atoms with Gasteiger partial charge >= 0.3 is 5.97 Å².